The molecule has 0 N–H and O–H groups in total. The Kier molecular flexibility index (Phi) is 7.32. The van der Waals surface area contributed by atoms with Gasteiger partial charge in [-0.15, -0.1) is 11.3 Å². The van der Waals surface area contributed by atoms with E-state index in [1.165, 1.54) is 36.2 Å². The van der Waals surface area contributed by atoms with E-state index in [4.69, 9.17) is 26.3 Å². The molecule has 0 atom stereocenters. The largest absolute Gasteiger partial charge is 0.494 e. The molecule has 8 nitrogen and oxygen atoms in total. The van der Waals surface area contributed by atoms with Gasteiger partial charge in [0.05, 0.1) is 48.2 Å². The Labute approximate surface area is 210 Å². The Morgan fingerprint density at radius 1 is 1.22 bits per heavy atom. The van der Waals surface area contributed by atoms with E-state index in [0.717, 1.165) is 22.0 Å². The maximum absolute atomic E-state index is 14.1. The highest BCUT2D eigenvalue weighted by atomic mass is 35.5. The number of methoxy groups -OCH3 is 1. The maximum Gasteiger partial charge on any atom is 0.336 e. The number of nitrogens with zero attached hydrogens (tertiary/aromatic N) is 4. The molecule has 3 heterocycles. The van der Waals surface area contributed by atoms with E-state index in [1.54, 1.807) is 6.07 Å². The van der Waals surface area contributed by atoms with Crippen LogP contribution < -0.4 is 20.7 Å². The van der Waals surface area contributed by atoms with E-state index < -0.39 is 30.1 Å². The van der Waals surface area contributed by atoms with Crippen LogP contribution in [0.5, 0.6) is 11.5 Å². The highest BCUT2D eigenvalue weighted by Crippen LogP contribution is 2.39. The molecule has 1 aromatic carbocycles. The van der Waals surface area contributed by atoms with Gasteiger partial charge in [0.15, 0.2) is 11.6 Å². The predicted molar refractivity (Wildman–Crippen MR) is 128 cm³/mol. The van der Waals surface area contributed by atoms with Crippen LogP contribution in [0.4, 0.5) is 13.2 Å². The van der Waals surface area contributed by atoms with Gasteiger partial charge in [0.2, 0.25) is 0 Å². The topological polar surface area (TPSA) is 99.1 Å². The molecule has 4 rings (SSSR count). The summed E-state index contributed by atoms with van der Waals surface area (Å²) in [4.78, 5) is 31.2. The summed E-state index contributed by atoms with van der Waals surface area (Å²) in [7, 11) is 1.30. The summed E-state index contributed by atoms with van der Waals surface area (Å²) in [6.45, 7) is -0.917. The third-order valence-electron chi connectivity index (χ3n) is 5.11. The molecule has 0 saturated heterocycles. The zero-order valence-electron chi connectivity index (χ0n) is 18.5. The highest BCUT2D eigenvalue weighted by molar-refractivity contribution is 7.22. The lowest BCUT2D eigenvalue weighted by atomic mass is 10.1. The first-order chi connectivity index (χ1) is 17.2. The van der Waals surface area contributed by atoms with Gasteiger partial charge in [-0.1, -0.05) is 11.6 Å². The second-order valence-corrected chi connectivity index (χ2v) is 8.81. The number of fused-ring (bicyclic) bond motifs is 1. The number of ether oxygens (including phenoxy) is 2. The van der Waals surface area contributed by atoms with Gasteiger partial charge in [0.25, 0.3) is 12.0 Å². The highest BCUT2D eigenvalue weighted by Gasteiger charge is 2.21. The molecule has 0 aliphatic rings. The van der Waals surface area contributed by atoms with E-state index in [2.05, 4.69) is 4.98 Å². The van der Waals surface area contributed by atoms with E-state index in [-0.39, 0.29) is 45.4 Å². The average Bonchev–Trinajstić information content (AvgIpc) is 3.28. The minimum Gasteiger partial charge on any atom is -0.494 e. The normalized spacial score (nSPS) is 11.1. The van der Waals surface area contributed by atoms with Gasteiger partial charge in [-0.05, 0) is 18.2 Å². The van der Waals surface area contributed by atoms with E-state index >= 15 is 0 Å². The van der Waals surface area contributed by atoms with Crippen molar-refractivity contribution in [1.82, 2.24) is 14.1 Å². The van der Waals surface area contributed by atoms with Gasteiger partial charge in [0, 0.05) is 23.1 Å². The van der Waals surface area contributed by atoms with Gasteiger partial charge in [-0.3, -0.25) is 14.3 Å². The summed E-state index contributed by atoms with van der Waals surface area (Å²) in [6.07, 6.45) is -0.359. The first-order valence-electron chi connectivity index (χ1n) is 10.3. The summed E-state index contributed by atoms with van der Waals surface area (Å²) in [5.74, 6) is -0.778. The molecule has 0 spiro atoms. The zero-order chi connectivity index (χ0) is 26.0. The number of hydrogen-bond donors (Lipinski definition) is 0. The molecule has 4 aromatic rings. The van der Waals surface area contributed by atoms with E-state index in [1.807, 2.05) is 6.07 Å². The standard InChI is InChI=1S/C23H16ClF3N4O4S/c1-34-18-6-14(15(24)7-16(18)25)19-8-17-21(36-19)22(32)31(23(33)30(17)4-2-3-28)12-5-13(10-29-9-12)35-11-20(26)27/h5-10,20H,2,4,11H2,1H3. The SMILES string of the molecule is COc1cc(-c2cc3c(s2)c(=O)n(-c2cncc(OCC(F)F)c2)c(=O)n3CCC#N)c(Cl)cc1F. The number of nitriles is 1. The van der Waals surface area contributed by atoms with Crippen molar-refractivity contribution in [2.75, 3.05) is 13.7 Å². The van der Waals surface area contributed by atoms with Crippen molar-refractivity contribution in [3.8, 4) is 33.7 Å². The fourth-order valence-electron chi connectivity index (χ4n) is 3.53. The number of aromatic nitrogens is 3. The number of halogens is 4. The van der Waals surface area contributed by atoms with Crippen molar-refractivity contribution in [3.05, 3.63) is 68.3 Å². The molecule has 0 saturated carbocycles. The molecule has 0 aliphatic heterocycles. The number of hydrogen-bond acceptors (Lipinski definition) is 7. The lowest BCUT2D eigenvalue weighted by molar-refractivity contribution is 0.0817. The van der Waals surface area contributed by atoms with Crippen LogP contribution in [0.2, 0.25) is 5.02 Å². The Bertz CT molecular complexity index is 1610. The lowest BCUT2D eigenvalue weighted by Gasteiger charge is -2.12. The first-order valence-corrected chi connectivity index (χ1v) is 11.5. The van der Waals surface area contributed by atoms with Gasteiger partial charge < -0.3 is 9.47 Å². The Morgan fingerprint density at radius 2 is 2.00 bits per heavy atom. The maximum atomic E-state index is 14.1. The summed E-state index contributed by atoms with van der Waals surface area (Å²) >= 11 is 7.26. The molecule has 36 heavy (non-hydrogen) atoms. The van der Waals surface area contributed by atoms with Crippen LogP contribution >= 0.6 is 22.9 Å². The Balaban J connectivity index is 1.95. The first kappa shape index (κ1) is 25.3. The van der Waals surface area contributed by atoms with Crippen molar-refractivity contribution in [2.45, 2.75) is 19.4 Å². The Morgan fingerprint density at radius 3 is 2.69 bits per heavy atom. The van der Waals surface area contributed by atoms with Gasteiger partial charge in [-0.25, -0.2) is 22.5 Å². The van der Waals surface area contributed by atoms with Crippen LogP contribution in [0.1, 0.15) is 6.42 Å². The number of benzene rings is 1. The second-order valence-electron chi connectivity index (χ2n) is 7.36. The van der Waals surface area contributed by atoms with Crippen LogP contribution in [0.15, 0.2) is 46.2 Å². The Hall–Kier alpha value is -3.82. The van der Waals surface area contributed by atoms with Crippen molar-refractivity contribution in [3.63, 3.8) is 0 Å². The van der Waals surface area contributed by atoms with Crippen LogP contribution in [0.25, 0.3) is 26.3 Å². The van der Waals surface area contributed by atoms with Crippen molar-refractivity contribution < 1.29 is 22.6 Å². The molecule has 0 radical (unpaired) electrons. The zero-order valence-corrected chi connectivity index (χ0v) is 20.1. The molecule has 0 fully saturated rings. The molecular formula is C23H16ClF3N4O4S. The number of thiophene rings is 1. The van der Waals surface area contributed by atoms with Crippen LogP contribution in [-0.4, -0.2) is 34.3 Å². The minimum atomic E-state index is -2.72. The molecule has 0 aliphatic carbocycles. The summed E-state index contributed by atoms with van der Waals surface area (Å²) in [6, 6.07) is 7.23. The summed E-state index contributed by atoms with van der Waals surface area (Å²) < 4.78 is 51.4. The quantitative estimate of drug-likeness (QED) is 0.325. The van der Waals surface area contributed by atoms with E-state index in [9.17, 15) is 22.8 Å². The monoisotopic (exact) mass is 536 g/mol. The summed E-state index contributed by atoms with van der Waals surface area (Å²) in [5.41, 5.74) is -0.819. The number of rotatable bonds is 8. The third kappa shape index (κ3) is 4.80. The number of aryl methyl sites for hydroxylation is 1. The van der Waals surface area contributed by atoms with Crippen molar-refractivity contribution in [1.29, 1.82) is 5.26 Å². The molecule has 0 unspecified atom stereocenters. The van der Waals surface area contributed by atoms with Gasteiger partial charge >= 0.3 is 5.69 Å². The fourth-order valence-corrected chi connectivity index (χ4v) is 4.96. The van der Waals surface area contributed by atoms with Gasteiger partial charge in [-0.2, -0.15) is 5.26 Å². The summed E-state index contributed by atoms with van der Waals surface area (Å²) in [5, 5.41) is 9.16. The van der Waals surface area contributed by atoms with Crippen LogP contribution in [-0.2, 0) is 6.54 Å². The molecule has 186 valence electrons. The van der Waals surface area contributed by atoms with Crippen LogP contribution in [0, 0.1) is 17.1 Å². The smallest absolute Gasteiger partial charge is 0.336 e. The van der Waals surface area contributed by atoms with Crippen LogP contribution in [0.3, 0.4) is 0 Å². The second kappa shape index (κ2) is 10.4. The van der Waals surface area contributed by atoms with Crippen molar-refractivity contribution >= 4 is 33.2 Å². The molecular weight excluding hydrogens is 521 g/mol. The van der Waals surface area contributed by atoms with Gasteiger partial charge in [0.1, 0.15) is 17.1 Å². The molecule has 13 heteroatoms. The molecule has 0 bridgehead atoms. The third-order valence-corrected chi connectivity index (χ3v) is 6.57. The average molecular weight is 537 g/mol. The molecule has 3 aromatic heterocycles. The predicted octanol–water partition coefficient (Wildman–Crippen LogP) is 4.63. The molecule has 0 amide bonds. The lowest BCUT2D eigenvalue weighted by Crippen LogP contribution is -2.38. The fraction of sp³-hybridized carbons (Fsp3) is 0.217. The number of alkyl halides is 2. The number of pyridine rings is 1. The minimum absolute atomic E-state index is 0.000748. The van der Waals surface area contributed by atoms with E-state index in [0.29, 0.717) is 10.4 Å². The van der Waals surface area contributed by atoms with Crippen molar-refractivity contribution in [2.24, 2.45) is 0 Å².